The summed E-state index contributed by atoms with van der Waals surface area (Å²) in [5, 5.41) is 7.97. The topological polar surface area (TPSA) is 118 Å². The summed E-state index contributed by atoms with van der Waals surface area (Å²) in [6.07, 6.45) is 0. The first kappa shape index (κ1) is 17.9. The Kier molecular flexibility index (Phi) is 5.74. The summed E-state index contributed by atoms with van der Waals surface area (Å²) in [5.74, 6) is -0.445. The van der Waals surface area contributed by atoms with Gasteiger partial charge in [-0.1, -0.05) is 0 Å². The zero-order chi connectivity index (χ0) is 16.3. The Balaban J connectivity index is 3.03. The van der Waals surface area contributed by atoms with E-state index in [0.29, 0.717) is 11.1 Å². The SMILES string of the molecule is CCNc1cc(C)c(S(=O)(=O)NCCS(N)(=O)=O)c(C)c1. The van der Waals surface area contributed by atoms with Crippen LogP contribution in [-0.4, -0.2) is 35.7 Å². The van der Waals surface area contributed by atoms with E-state index in [-0.39, 0.29) is 11.4 Å². The summed E-state index contributed by atoms with van der Waals surface area (Å²) in [7, 11) is -7.47. The molecule has 4 N–H and O–H groups in total. The molecule has 0 aliphatic heterocycles. The van der Waals surface area contributed by atoms with Crippen LogP contribution in [0.3, 0.4) is 0 Å². The van der Waals surface area contributed by atoms with Gasteiger partial charge in [0, 0.05) is 18.8 Å². The van der Waals surface area contributed by atoms with Crippen LogP contribution in [0.2, 0.25) is 0 Å². The number of hydrogen-bond donors (Lipinski definition) is 3. The number of benzene rings is 1. The summed E-state index contributed by atoms with van der Waals surface area (Å²) < 4.78 is 48.5. The highest BCUT2D eigenvalue weighted by Crippen LogP contribution is 2.24. The molecule has 1 aromatic carbocycles. The Hall–Kier alpha value is -1.16. The van der Waals surface area contributed by atoms with E-state index in [2.05, 4.69) is 10.0 Å². The van der Waals surface area contributed by atoms with Crippen LogP contribution >= 0.6 is 0 Å². The number of nitrogens with one attached hydrogen (secondary N) is 2. The van der Waals surface area contributed by atoms with E-state index in [1.54, 1.807) is 26.0 Å². The second-order valence-electron chi connectivity index (χ2n) is 4.73. The fraction of sp³-hybridized carbons (Fsp3) is 0.500. The van der Waals surface area contributed by atoms with E-state index in [4.69, 9.17) is 5.14 Å². The number of hydrogen-bond acceptors (Lipinski definition) is 5. The third-order valence-corrected chi connectivity index (χ3v) is 5.33. The predicted molar refractivity (Wildman–Crippen MR) is 83.2 cm³/mol. The van der Waals surface area contributed by atoms with Gasteiger partial charge in [-0.25, -0.2) is 26.7 Å². The lowest BCUT2D eigenvalue weighted by Crippen LogP contribution is -2.32. The lowest BCUT2D eigenvalue weighted by Gasteiger charge is -2.14. The maximum Gasteiger partial charge on any atom is 0.241 e. The second kappa shape index (κ2) is 6.73. The van der Waals surface area contributed by atoms with Crippen LogP contribution in [0.5, 0.6) is 0 Å². The van der Waals surface area contributed by atoms with Crippen LogP contribution in [0, 0.1) is 13.8 Å². The number of sulfonamides is 2. The maximum atomic E-state index is 12.3. The average Bonchev–Trinajstić information content (AvgIpc) is 2.25. The summed E-state index contributed by atoms with van der Waals surface area (Å²) in [4.78, 5) is 0.165. The van der Waals surface area contributed by atoms with Crippen molar-refractivity contribution in [3.8, 4) is 0 Å². The highest BCUT2D eigenvalue weighted by molar-refractivity contribution is 7.90. The maximum absolute atomic E-state index is 12.3. The van der Waals surface area contributed by atoms with Gasteiger partial charge < -0.3 is 5.32 Å². The fourth-order valence-electron chi connectivity index (χ4n) is 2.07. The van der Waals surface area contributed by atoms with Gasteiger partial charge in [0.05, 0.1) is 10.6 Å². The Morgan fingerprint density at radius 1 is 1.10 bits per heavy atom. The quantitative estimate of drug-likeness (QED) is 0.662. The zero-order valence-electron chi connectivity index (χ0n) is 12.3. The lowest BCUT2D eigenvalue weighted by atomic mass is 10.1. The van der Waals surface area contributed by atoms with Gasteiger partial charge in [-0.05, 0) is 44.0 Å². The van der Waals surface area contributed by atoms with Crippen molar-refractivity contribution in [3.05, 3.63) is 23.3 Å². The van der Waals surface area contributed by atoms with Crippen molar-refractivity contribution in [3.63, 3.8) is 0 Å². The Bertz CT molecular complexity index is 689. The zero-order valence-corrected chi connectivity index (χ0v) is 13.9. The number of rotatable bonds is 7. The van der Waals surface area contributed by atoms with Gasteiger partial charge in [0.25, 0.3) is 0 Å². The third kappa shape index (κ3) is 5.27. The standard InChI is InChI=1S/C12H21N3O4S2/c1-4-14-11-7-9(2)12(10(3)8-11)21(18,19)15-5-6-20(13,16)17/h7-8,14-15H,4-6H2,1-3H3,(H2,13,16,17). The molecular formula is C12H21N3O4S2. The van der Waals surface area contributed by atoms with Crippen molar-refractivity contribution in [1.29, 1.82) is 0 Å². The molecule has 0 atom stereocenters. The minimum absolute atomic E-state index is 0.165. The largest absolute Gasteiger partial charge is 0.385 e. The molecule has 0 spiro atoms. The molecule has 21 heavy (non-hydrogen) atoms. The van der Waals surface area contributed by atoms with Crippen molar-refractivity contribution in [2.24, 2.45) is 5.14 Å². The summed E-state index contributed by atoms with van der Waals surface area (Å²) in [6, 6.07) is 3.48. The number of primary sulfonamides is 1. The van der Waals surface area contributed by atoms with E-state index in [0.717, 1.165) is 12.2 Å². The molecule has 7 nitrogen and oxygen atoms in total. The van der Waals surface area contributed by atoms with Crippen LogP contribution in [0.1, 0.15) is 18.1 Å². The number of aryl methyl sites for hydroxylation is 2. The highest BCUT2D eigenvalue weighted by atomic mass is 32.2. The van der Waals surface area contributed by atoms with Gasteiger partial charge >= 0.3 is 0 Å². The third-order valence-electron chi connectivity index (χ3n) is 2.79. The molecule has 0 fully saturated rings. The molecule has 1 aromatic rings. The molecule has 0 radical (unpaired) electrons. The second-order valence-corrected chi connectivity index (χ2v) is 8.17. The predicted octanol–water partition coefficient (Wildman–Crippen LogP) is 0.302. The van der Waals surface area contributed by atoms with Crippen LogP contribution in [-0.2, 0) is 20.0 Å². The van der Waals surface area contributed by atoms with Crippen molar-refractivity contribution in [2.45, 2.75) is 25.7 Å². The van der Waals surface area contributed by atoms with E-state index in [1.165, 1.54) is 0 Å². The van der Waals surface area contributed by atoms with Gasteiger partial charge in [0.15, 0.2) is 0 Å². The fourth-order valence-corrected chi connectivity index (χ4v) is 4.07. The number of anilines is 1. The molecule has 0 amide bonds. The normalized spacial score (nSPS) is 12.4. The van der Waals surface area contributed by atoms with Crippen molar-refractivity contribution < 1.29 is 16.8 Å². The van der Waals surface area contributed by atoms with Gasteiger partial charge in [-0.15, -0.1) is 0 Å². The van der Waals surface area contributed by atoms with E-state index < -0.39 is 25.8 Å². The molecule has 0 unspecified atom stereocenters. The van der Waals surface area contributed by atoms with Gasteiger partial charge in [0.1, 0.15) is 0 Å². The van der Waals surface area contributed by atoms with E-state index >= 15 is 0 Å². The molecule has 0 heterocycles. The molecule has 0 aromatic heterocycles. The first-order valence-electron chi connectivity index (χ1n) is 6.42. The first-order valence-corrected chi connectivity index (χ1v) is 9.62. The highest BCUT2D eigenvalue weighted by Gasteiger charge is 2.20. The van der Waals surface area contributed by atoms with Crippen LogP contribution in [0.15, 0.2) is 17.0 Å². The minimum atomic E-state index is -3.77. The molecule has 0 saturated carbocycles. The van der Waals surface area contributed by atoms with Crippen molar-refractivity contribution in [1.82, 2.24) is 4.72 Å². The minimum Gasteiger partial charge on any atom is -0.385 e. The molecule has 0 aliphatic rings. The Morgan fingerprint density at radius 2 is 1.62 bits per heavy atom. The van der Waals surface area contributed by atoms with Crippen LogP contribution in [0.25, 0.3) is 0 Å². The van der Waals surface area contributed by atoms with Crippen molar-refractivity contribution >= 4 is 25.7 Å². The van der Waals surface area contributed by atoms with Crippen LogP contribution < -0.4 is 15.2 Å². The van der Waals surface area contributed by atoms with Crippen LogP contribution in [0.4, 0.5) is 5.69 Å². The molecular weight excluding hydrogens is 314 g/mol. The molecule has 1 rings (SSSR count). The monoisotopic (exact) mass is 335 g/mol. The molecule has 0 saturated heterocycles. The van der Waals surface area contributed by atoms with Gasteiger partial charge in [0.2, 0.25) is 20.0 Å². The van der Waals surface area contributed by atoms with Crippen molar-refractivity contribution in [2.75, 3.05) is 24.2 Å². The first-order chi connectivity index (χ1) is 9.57. The Labute approximate surface area is 126 Å². The van der Waals surface area contributed by atoms with E-state index in [1.807, 2.05) is 6.92 Å². The molecule has 120 valence electrons. The van der Waals surface area contributed by atoms with Gasteiger partial charge in [-0.2, -0.15) is 0 Å². The van der Waals surface area contributed by atoms with E-state index in [9.17, 15) is 16.8 Å². The molecule has 0 aliphatic carbocycles. The molecule has 0 bridgehead atoms. The summed E-state index contributed by atoms with van der Waals surface area (Å²) in [6.45, 7) is 5.82. The average molecular weight is 335 g/mol. The summed E-state index contributed by atoms with van der Waals surface area (Å²) in [5.41, 5.74) is 2.03. The molecule has 9 heteroatoms. The lowest BCUT2D eigenvalue weighted by molar-refractivity contribution is 0.580. The van der Waals surface area contributed by atoms with Gasteiger partial charge in [-0.3, -0.25) is 0 Å². The summed E-state index contributed by atoms with van der Waals surface area (Å²) >= 11 is 0. The number of nitrogens with two attached hydrogens (primary N) is 1. The Morgan fingerprint density at radius 3 is 2.05 bits per heavy atom. The smallest absolute Gasteiger partial charge is 0.241 e.